The van der Waals surface area contributed by atoms with E-state index in [1.54, 1.807) is 34.7 Å². The molecular weight excluding hydrogens is 590 g/mol. The van der Waals surface area contributed by atoms with Gasteiger partial charge in [0.05, 0.1) is 36.9 Å². The molecule has 3 aliphatic heterocycles. The standard InChI is InChI=1S/C29H29F4N5O4S/c30-25(31)26-35-20(23-3-1-10-43-23)13-24(36-26)38-15-19(12-22(38)28(39)40)42-27-21(37-7-2-6-29(32,33)16-37)11-18(14-34-27)17-4-8-41-9-5-17/h1,3-4,10-11,13-14,19,22,25H,2,5-9,12,15-16H2,(H,39,40)/t19-,22-/m0/s1. The lowest BCUT2D eigenvalue weighted by Gasteiger charge is -2.35. The molecule has 6 rings (SSSR count). The van der Waals surface area contributed by atoms with Crippen LogP contribution in [0.1, 0.15) is 43.5 Å². The molecule has 3 aliphatic rings. The highest BCUT2D eigenvalue weighted by molar-refractivity contribution is 7.13. The molecule has 2 atom stereocenters. The minimum atomic E-state index is -2.96. The molecule has 0 bridgehead atoms. The molecule has 0 unspecified atom stereocenters. The Morgan fingerprint density at radius 2 is 2.12 bits per heavy atom. The first kappa shape index (κ1) is 29.3. The number of anilines is 2. The highest BCUT2D eigenvalue weighted by Gasteiger charge is 2.41. The summed E-state index contributed by atoms with van der Waals surface area (Å²) in [7, 11) is 0. The highest BCUT2D eigenvalue weighted by atomic mass is 32.1. The lowest BCUT2D eigenvalue weighted by atomic mass is 10.0. The summed E-state index contributed by atoms with van der Waals surface area (Å²) in [5, 5.41) is 11.8. The SMILES string of the molecule is O=C(O)[C@@H]1C[C@H](Oc2ncc(C3=CCOCC3)cc2N2CCCC(F)(F)C2)CN1c1cc(-c2cccs2)nc(C(F)F)n1. The van der Waals surface area contributed by atoms with Gasteiger partial charge in [-0.05, 0) is 41.5 Å². The summed E-state index contributed by atoms with van der Waals surface area (Å²) in [6.07, 6.45) is 0.588. The summed E-state index contributed by atoms with van der Waals surface area (Å²) in [5.74, 6) is -4.61. The first-order valence-corrected chi connectivity index (χ1v) is 14.8. The van der Waals surface area contributed by atoms with Crippen molar-refractivity contribution in [3.8, 4) is 16.5 Å². The van der Waals surface area contributed by atoms with Crippen LogP contribution in [0.15, 0.2) is 41.9 Å². The van der Waals surface area contributed by atoms with E-state index in [-0.39, 0.29) is 43.2 Å². The van der Waals surface area contributed by atoms with Gasteiger partial charge in [-0.15, -0.1) is 11.3 Å². The van der Waals surface area contributed by atoms with Gasteiger partial charge in [-0.25, -0.2) is 37.3 Å². The molecule has 43 heavy (non-hydrogen) atoms. The number of hydrogen-bond acceptors (Lipinski definition) is 9. The zero-order chi connectivity index (χ0) is 30.1. The summed E-state index contributed by atoms with van der Waals surface area (Å²) in [6.45, 7) is 0.886. The van der Waals surface area contributed by atoms with E-state index in [1.807, 2.05) is 6.08 Å². The number of halogens is 4. The third kappa shape index (κ3) is 6.44. The quantitative estimate of drug-likeness (QED) is 0.319. The molecule has 2 saturated heterocycles. The summed E-state index contributed by atoms with van der Waals surface area (Å²) in [5.41, 5.74) is 2.43. The van der Waals surface area contributed by atoms with Crippen LogP contribution < -0.4 is 14.5 Å². The molecule has 14 heteroatoms. The zero-order valence-corrected chi connectivity index (χ0v) is 23.8. The third-order valence-corrected chi connectivity index (χ3v) is 8.61. The molecule has 2 fully saturated rings. The molecule has 6 heterocycles. The van der Waals surface area contributed by atoms with Crippen LogP contribution in [0.5, 0.6) is 5.88 Å². The average molecular weight is 620 g/mol. The van der Waals surface area contributed by atoms with Crippen molar-refractivity contribution in [2.45, 2.75) is 50.2 Å². The van der Waals surface area contributed by atoms with E-state index >= 15 is 0 Å². The molecule has 3 aromatic heterocycles. The van der Waals surface area contributed by atoms with Gasteiger partial charge in [-0.1, -0.05) is 12.1 Å². The summed E-state index contributed by atoms with van der Waals surface area (Å²) < 4.78 is 68.1. The van der Waals surface area contributed by atoms with Crippen molar-refractivity contribution in [2.75, 3.05) is 42.6 Å². The van der Waals surface area contributed by atoms with Crippen LogP contribution in [0, 0.1) is 0 Å². The van der Waals surface area contributed by atoms with Crippen molar-refractivity contribution < 1.29 is 36.9 Å². The molecule has 0 amide bonds. The molecular formula is C29H29F4N5O4S. The molecule has 0 radical (unpaired) electrons. The second kappa shape index (κ2) is 12.1. The Morgan fingerprint density at radius 1 is 1.26 bits per heavy atom. The lowest BCUT2D eigenvalue weighted by molar-refractivity contribution is -0.138. The number of piperidine rings is 1. The Hall–Kier alpha value is -3.78. The van der Waals surface area contributed by atoms with Crippen LogP contribution in [0.3, 0.4) is 0 Å². The number of aromatic nitrogens is 3. The van der Waals surface area contributed by atoms with Crippen molar-refractivity contribution in [3.63, 3.8) is 0 Å². The Balaban J connectivity index is 1.31. The number of hydrogen-bond donors (Lipinski definition) is 1. The fourth-order valence-electron chi connectivity index (χ4n) is 5.67. The van der Waals surface area contributed by atoms with Gasteiger partial charge in [-0.2, -0.15) is 0 Å². The Labute approximate surface area is 248 Å². The van der Waals surface area contributed by atoms with E-state index in [1.165, 1.54) is 22.3 Å². The maximum atomic E-state index is 14.5. The smallest absolute Gasteiger partial charge is 0.326 e. The minimum absolute atomic E-state index is 0.000788. The first-order chi connectivity index (χ1) is 20.7. The van der Waals surface area contributed by atoms with Gasteiger partial charge in [-0.3, -0.25) is 0 Å². The number of aliphatic carboxylic acids is 1. The van der Waals surface area contributed by atoms with Crippen molar-refractivity contribution in [1.82, 2.24) is 15.0 Å². The molecule has 0 aliphatic carbocycles. The Kier molecular flexibility index (Phi) is 8.23. The van der Waals surface area contributed by atoms with Gasteiger partial charge in [0.2, 0.25) is 5.88 Å². The highest BCUT2D eigenvalue weighted by Crippen LogP contribution is 2.38. The van der Waals surface area contributed by atoms with Crippen LogP contribution in [0.4, 0.5) is 29.1 Å². The molecule has 0 aromatic carbocycles. The maximum Gasteiger partial charge on any atom is 0.326 e. The minimum Gasteiger partial charge on any atom is -0.480 e. The number of ether oxygens (including phenoxy) is 2. The second-order valence-corrected chi connectivity index (χ2v) is 11.7. The number of rotatable bonds is 8. The van der Waals surface area contributed by atoms with Crippen LogP contribution in [-0.4, -0.2) is 76.9 Å². The predicted octanol–water partition coefficient (Wildman–Crippen LogP) is 5.69. The number of carboxylic acid groups (broad SMARTS) is 1. The van der Waals surface area contributed by atoms with E-state index in [2.05, 4.69) is 15.0 Å². The van der Waals surface area contributed by atoms with Crippen LogP contribution in [-0.2, 0) is 9.53 Å². The second-order valence-electron chi connectivity index (χ2n) is 10.7. The van der Waals surface area contributed by atoms with Gasteiger partial charge in [0.25, 0.3) is 12.3 Å². The molecule has 0 saturated carbocycles. The number of thiophene rings is 1. The molecule has 228 valence electrons. The number of carboxylic acids is 1. The molecule has 9 nitrogen and oxygen atoms in total. The largest absolute Gasteiger partial charge is 0.480 e. The average Bonchev–Trinajstić information content (AvgIpc) is 3.68. The van der Waals surface area contributed by atoms with Crippen molar-refractivity contribution in [1.29, 1.82) is 0 Å². The van der Waals surface area contributed by atoms with E-state index in [4.69, 9.17) is 9.47 Å². The molecule has 1 N–H and O–H groups in total. The number of nitrogens with zero attached hydrogens (tertiary/aromatic N) is 5. The van der Waals surface area contributed by atoms with E-state index in [0.29, 0.717) is 36.7 Å². The van der Waals surface area contributed by atoms with Crippen molar-refractivity contribution in [2.24, 2.45) is 0 Å². The van der Waals surface area contributed by atoms with Crippen LogP contribution in [0.25, 0.3) is 16.1 Å². The van der Waals surface area contributed by atoms with Crippen molar-refractivity contribution >= 4 is 34.4 Å². The van der Waals surface area contributed by atoms with E-state index < -0.39 is 42.8 Å². The number of carbonyl (C=O) groups is 1. The monoisotopic (exact) mass is 619 g/mol. The molecule has 3 aromatic rings. The van der Waals surface area contributed by atoms with Gasteiger partial charge in [0.15, 0.2) is 5.82 Å². The maximum absolute atomic E-state index is 14.5. The Bertz CT molecular complexity index is 1510. The van der Waals surface area contributed by atoms with E-state index in [9.17, 15) is 27.5 Å². The predicted molar refractivity (Wildman–Crippen MR) is 152 cm³/mol. The lowest BCUT2D eigenvalue weighted by Crippen LogP contribution is -2.43. The number of pyridine rings is 1. The molecule has 0 spiro atoms. The first-order valence-electron chi connectivity index (χ1n) is 13.9. The van der Waals surface area contributed by atoms with Gasteiger partial charge in [0.1, 0.15) is 23.7 Å². The fourth-order valence-corrected chi connectivity index (χ4v) is 6.36. The summed E-state index contributed by atoms with van der Waals surface area (Å²) >= 11 is 1.31. The van der Waals surface area contributed by atoms with E-state index in [0.717, 1.165) is 11.1 Å². The van der Waals surface area contributed by atoms with Crippen molar-refractivity contribution in [3.05, 3.63) is 53.3 Å². The fraction of sp³-hybridized carbons (Fsp3) is 0.448. The van der Waals surface area contributed by atoms with Gasteiger partial charge >= 0.3 is 5.97 Å². The summed E-state index contributed by atoms with van der Waals surface area (Å²) in [4.78, 5) is 28.4. The van der Waals surface area contributed by atoms with Gasteiger partial charge < -0.3 is 24.4 Å². The third-order valence-electron chi connectivity index (χ3n) is 7.72. The number of alkyl halides is 4. The van der Waals surface area contributed by atoms with Crippen LogP contribution in [0.2, 0.25) is 0 Å². The Morgan fingerprint density at radius 3 is 2.81 bits per heavy atom. The van der Waals surface area contributed by atoms with Gasteiger partial charge in [0, 0.05) is 31.6 Å². The topological polar surface area (TPSA) is 101 Å². The summed E-state index contributed by atoms with van der Waals surface area (Å²) in [6, 6.07) is 5.64. The zero-order valence-electron chi connectivity index (χ0n) is 23.0. The van der Waals surface area contributed by atoms with Crippen LogP contribution >= 0.6 is 11.3 Å². The normalized spacial score (nSPS) is 22.1.